The fraction of sp³-hybridized carbons (Fsp3) is 0.375. The third-order valence-corrected chi connectivity index (χ3v) is 3.62. The molecule has 22 heavy (non-hydrogen) atoms. The van der Waals surface area contributed by atoms with Crippen LogP contribution in [0.3, 0.4) is 0 Å². The number of aromatic nitrogens is 5. The van der Waals surface area contributed by atoms with E-state index in [1.807, 2.05) is 33.2 Å². The Hall–Kier alpha value is -2.50. The molecule has 1 N–H and O–H groups in total. The third kappa shape index (κ3) is 2.77. The first-order valence-corrected chi connectivity index (χ1v) is 7.38. The summed E-state index contributed by atoms with van der Waals surface area (Å²) in [6, 6.07) is 4.28. The third-order valence-electron chi connectivity index (χ3n) is 3.62. The van der Waals surface area contributed by atoms with E-state index in [9.17, 15) is 0 Å². The summed E-state index contributed by atoms with van der Waals surface area (Å²) in [6.45, 7) is 6.03. The molecule has 0 aliphatic rings. The summed E-state index contributed by atoms with van der Waals surface area (Å²) in [4.78, 5) is 13.2. The van der Waals surface area contributed by atoms with Crippen molar-refractivity contribution in [3.63, 3.8) is 0 Å². The number of pyridine rings is 1. The first-order valence-electron chi connectivity index (χ1n) is 7.38. The van der Waals surface area contributed by atoms with E-state index in [-0.39, 0.29) is 6.04 Å². The van der Waals surface area contributed by atoms with Crippen molar-refractivity contribution in [2.45, 2.75) is 33.2 Å². The SMILES string of the molecule is Cc1nc(N[C@H](C)Cc2cccnc2)c2c(C)nn(C)c2n1. The molecule has 0 aromatic carbocycles. The number of anilines is 1. The molecule has 0 radical (unpaired) electrons. The van der Waals surface area contributed by atoms with Crippen molar-refractivity contribution in [2.75, 3.05) is 5.32 Å². The normalized spacial score (nSPS) is 12.5. The van der Waals surface area contributed by atoms with Crippen LogP contribution in [0.1, 0.15) is 24.0 Å². The Balaban J connectivity index is 1.90. The molecule has 1 atom stereocenters. The zero-order valence-electron chi connectivity index (χ0n) is 13.3. The van der Waals surface area contributed by atoms with Crippen LogP contribution < -0.4 is 5.32 Å². The van der Waals surface area contributed by atoms with E-state index in [0.717, 1.165) is 34.8 Å². The fourth-order valence-electron chi connectivity index (χ4n) is 2.71. The van der Waals surface area contributed by atoms with E-state index >= 15 is 0 Å². The van der Waals surface area contributed by atoms with Crippen LogP contribution in [-0.4, -0.2) is 30.8 Å². The summed E-state index contributed by atoms with van der Waals surface area (Å²) >= 11 is 0. The van der Waals surface area contributed by atoms with Gasteiger partial charge in [0.05, 0.1) is 11.1 Å². The lowest BCUT2D eigenvalue weighted by Crippen LogP contribution is -2.19. The van der Waals surface area contributed by atoms with Crippen LogP contribution in [0.15, 0.2) is 24.5 Å². The topological polar surface area (TPSA) is 68.5 Å². The lowest BCUT2D eigenvalue weighted by Gasteiger charge is -2.15. The Kier molecular flexibility index (Phi) is 3.75. The lowest BCUT2D eigenvalue weighted by atomic mass is 10.1. The second-order valence-corrected chi connectivity index (χ2v) is 5.64. The molecule has 0 saturated heterocycles. The van der Waals surface area contributed by atoms with Crippen LogP contribution in [-0.2, 0) is 13.5 Å². The van der Waals surface area contributed by atoms with E-state index in [4.69, 9.17) is 0 Å². The molecule has 0 bridgehead atoms. The summed E-state index contributed by atoms with van der Waals surface area (Å²) in [6.07, 6.45) is 4.57. The highest BCUT2D eigenvalue weighted by Crippen LogP contribution is 2.24. The van der Waals surface area contributed by atoms with Gasteiger partial charge in [0.1, 0.15) is 11.6 Å². The van der Waals surface area contributed by atoms with Crippen molar-refractivity contribution in [3.05, 3.63) is 41.6 Å². The molecule has 3 rings (SSSR count). The van der Waals surface area contributed by atoms with Crippen molar-refractivity contribution in [1.29, 1.82) is 0 Å². The quantitative estimate of drug-likeness (QED) is 0.800. The molecular weight excluding hydrogens is 276 g/mol. The number of aryl methyl sites for hydroxylation is 3. The average molecular weight is 296 g/mol. The monoisotopic (exact) mass is 296 g/mol. The molecule has 0 aliphatic heterocycles. The molecule has 0 amide bonds. The second kappa shape index (κ2) is 5.71. The first-order chi connectivity index (χ1) is 10.5. The van der Waals surface area contributed by atoms with Crippen molar-refractivity contribution >= 4 is 16.9 Å². The molecule has 3 aromatic heterocycles. The van der Waals surface area contributed by atoms with Gasteiger partial charge in [0.2, 0.25) is 0 Å². The first kappa shape index (κ1) is 14.4. The molecule has 3 aromatic rings. The summed E-state index contributed by atoms with van der Waals surface area (Å²) in [5.41, 5.74) is 3.00. The molecular formula is C16H20N6. The predicted molar refractivity (Wildman–Crippen MR) is 86.8 cm³/mol. The van der Waals surface area contributed by atoms with Crippen molar-refractivity contribution in [1.82, 2.24) is 24.7 Å². The molecule has 114 valence electrons. The number of rotatable bonds is 4. The standard InChI is InChI=1S/C16H20N6/c1-10(8-13-6-5-7-17-9-13)18-15-14-11(2)21-22(4)16(14)20-12(3)19-15/h5-7,9-10H,8H2,1-4H3,(H,18,19,20)/t10-/m1/s1. The van der Waals surface area contributed by atoms with Gasteiger partial charge in [0.25, 0.3) is 0 Å². The zero-order valence-corrected chi connectivity index (χ0v) is 13.3. The summed E-state index contributed by atoms with van der Waals surface area (Å²) in [5.74, 6) is 1.59. The predicted octanol–water partition coefficient (Wildman–Crippen LogP) is 2.42. The highest BCUT2D eigenvalue weighted by atomic mass is 15.3. The smallest absolute Gasteiger partial charge is 0.163 e. The summed E-state index contributed by atoms with van der Waals surface area (Å²) < 4.78 is 1.80. The lowest BCUT2D eigenvalue weighted by molar-refractivity contribution is 0.769. The molecule has 3 heterocycles. The van der Waals surface area contributed by atoms with Crippen molar-refractivity contribution in [2.24, 2.45) is 7.05 Å². The Morgan fingerprint density at radius 2 is 2.09 bits per heavy atom. The van der Waals surface area contributed by atoms with Gasteiger partial charge in [0.15, 0.2) is 5.65 Å². The fourth-order valence-corrected chi connectivity index (χ4v) is 2.71. The van der Waals surface area contributed by atoms with Gasteiger partial charge in [-0.25, -0.2) is 9.97 Å². The van der Waals surface area contributed by atoms with Crippen LogP contribution >= 0.6 is 0 Å². The number of hydrogen-bond acceptors (Lipinski definition) is 5. The maximum Gasteiger partial charge on any atom is 0.163 e. The number of hydrogen-bond donors (Lipinski definition) is 1. The molecule has 0 saturated carbocycles. The maximum atomic E-state index is 4.57. The van der Waals surface area contributed by atoms with E-state index in [1.54, 1.807) is 10.9 Å². The van der Waals surface area contributed by atoms with Crippen LogP contribution in [0.2, 0.25) is 0 Å². The van der Waals surface area contributed by atoms with E-state index in [2.05, 4.69) is 38.4 Å². The van der Waals surface area contributed by atoms with Crippen molar-refractivity contribution < 1.29 is 0 Å². The van der Waals surface area contributed by atoms with Gasteiger partial charge in [-0.2, -0.15) is 5.10 Å². The number of nitrogens with zero attached hydrogens (tertiary/aromatic N) is 5. The average Bonchev–Trinajstić information content (AvgIpc) is 2.74. The van der Waals surface area contributed by atoms with Crippen LogP contribution in [0.25, 0.3) is 11.0 Å². The Morgan fingerprint density at radius 3 is 2.82 bits per heavy atom. The van der Waals surface area contributed by atoms with E-state index in [1.165, 1.54) is 5.56 Å². The van der Waals surface area contributed by atoms with E-state index < -0.39 is 0 Å². The van der Waals surface area contributed by atoms with Gasteiger partial charge < -0.3 is 5.32 Å². The molecule has 0 unspecified atom stereocenters. The van der Waals surface area contributed by atoms with Crippen LogP contribution in [0.5, 0.6) is 0 Å². The number of nitrogens with one attached hydrogen (secondary N) is 1. The van der Waals surface area contributed by atoms with Gasteiger partial charge in [0, 0.05) is 25.5 Å². The molecule has 0 aliphatic carbocycles. The van der Waals surface area contributed by atoms with Gasteiger partial charge >= 0.3 is 0 Å². The van der Waals surface area contributed by atoms with Gasteiger partial charge in [-0.1, -0.05) is 6.07 Å². The molecule has 6 heteroatoms. The highest BCUT2D eigenvalue weighted by Gasteiger charge is 2.15. The second-order valence-electron chi connectivity index (χ2n) is 5.64. The Bertz CT molecular complexity index is 793. The van der Waals surface area contributed by atoms with Gasteiger partial charge in [-0.15, -0.1) is 0 Å². The summed E-state index contributed by atoms with van der Waals surface area (Å²) in [5, 5.41) is 8.94. The molecule has 6 nitrogen and oxygen atoms in total. The highest BCUT2D eigenvalue weighted by molar-refractivity contribution is 5.89. The minimum atomic E-state index is 0.237. The van der Waals surface area contributed by atoms with Crippen LogP contribution in [0.4, 0.5) is 5.82 Å². The molecule has 0 spiro atoms. The zero-order chi connectivity index (χ0) is 15.7. The summed E-state index contributed by atoms with van der Waals surface area (Å²) in [7, 11) is 1.91. The van der Waals surface area contributed by atoms with Crippen molar-refractivity contribution in [3.8, 4) is 0 Å². The molecule has 0 fully saturated rings. The maximum absolute atomic E-state index is 4.57. The van der Waals surface area contributed by atoms with Crippen LogP contribution in [0, 0.1) is 13.8 Å². The Labute approximate surface area is 129 Å². The van der Waals surface area contributed by atoms with E-state index in [0.29, 0.717) is 0 Å². The largest absolute Gasteiger partial charge is 0.367 e. The Morgan fingerprint density at radius 1 is 1.27 bits per heavy atom. The minimum absolute atomic E-state index is 0.237. The van der Waals surface area contributed by atoms with Gasteiger partial charge in [-0.3, -0.25) is 9.67 Å². The minimum Gasteiger partial charge on any atom is -0.367 e. The van der Waals surface area contributed by atoms with Gasteiger partial charge in [-0.05, 0) is 38.8 Å². The number of fused-ring (bicyclic) bond motifs is 1.